The van der Waals surface area contributed by atoms with Crippen molar-refractivity contribution in [1.82, 2.24) is 0 Å². The van der Waals surface area contributed by atoms with Crippen molar-refractivity contribution < 1.29 is 19.4 Å². The van der Waals surface area contributed by atoms with Gasteiger partial charge in [-0.05, 0) is 29.7 Å². The highest BCUT2D eigenvalue weighted by atomic mass is 16.6. The van der Waals surface area contributed by atoms with Crippen molar-refractivity contribution >= 4 is 5.97 Å². The molecule has 2 aromatic rings. The third kappa shape index (κ3) is 4.69. The van der Waals surface area contributed by atoms with Crippen LogP contribution in [0.1, 0.15) is 11.1 Å². The summed E-state index contributed by atoms with van der Waals surface area (Å²) in [6.07, 6.45) is 1.13. The fraction of sp³-hybridized carbons (Fsp3) is 0.211. The lowest BCUT2D eigenvalue weighted by atomic mass is 10.0. The number of carbonyl (C=O) groups excluding carboxylic acids is 1. The van der Waals surface area contributed by atoms with E-state index in [0.29, 0.717) is 0 Å². The second kappa shape index (κ2) is 8.15. The highest BCUT2D eigenvalue weighted by Gasteiger charge is 2.07. The molecule has 4 nitrogen and oxygen atoms in total. The quantitative estimate of drug-likeness (QED) is 0.484. The molecule has 0 unspecified atom stereocenters. The molecule has 0 heterocycles. The zero-order valence-electron chi connectivity index (χ0n) is 13.1. The Bertz CT molecular complexity index is 674. The number of hydrogen-bond donors (Lipinski definition) is 1. The Morgan fingerprint density at radius 3 is 2.57 bits per heavy atom. The van der Waals surface area contributed by atoms with Gasteiger partial charge >= 0.3 is 5.97 Å². The highest BCUT2D eigenvalue weighted by Crippen LogP contribution is 2.31. The maximum atomic E-state index is 11.0. The molecule has 2 aromatic carbocycles. The van der Waals surface area contributed by atoms with Crippen LogP contribution >= 0.6 is 0 Å². The molecule has 1 N–H and O–H groups in total. The fourth-order valence-corrected chi connectivity index (χ4v) is 2.13. The van der Waals surface area contributed by atoms with Crippen molar-refractivity contribution in [2.75, 3.05) is 13.2 Å². The molecule has 0 aliphatic rings. The third-order valence-electron chi connectivity index (χ3n) is 3.34. The van der Waals surface area contributed by atoms with Crippen LogP contribution in [0, 0.1) is 6.92 Å². The lowest BCUT2D eigenvalue weighted by Crippen LogP contribution is -2.10. The Morgan fingerprint density at radius 2 is 1.91 bits per heavy atom. The first-order chi connectivity index (χ1) is 11.1. The van der Waals surface area contributed by atoms with E-state index in [4.69, 9.17) is 14.6 Å². The van der Waals surface area contributed by atoms with Gasteiger partial charge in [-0.25, -0.2) is 4.79 Å². The lowest BCUT2D eigenvalue weighted by molar-refractivity contribution is -0.138. The van der Waals surface area contributed by atoms with E-state index in [1.54, 1.807) is 0 Å². The molecular formula is C19H20O4. The van der Waals surface area contributed by atoms with E-state index in [0.717, 1.165) is 34.1 Å². The van der Waals surface area contributed by atoms with Crippen molar-refractivity contribution in [3.63, 3.8) is 0 Å². The summed E-state index contributed by atoms with van der Waals surface area (Å²) < 4.78 is 10.7. The summed E-state index contributed by atoms with van der Waals surface area (Å²) in [6, 6.07) is 13.6. The van der Waals surface area contributed by atoms with E-state index in [9.17, 15) is 4.79 Å². The topological polar surface area (TPSA) is 55.8 Å². The number of benzene rings is 2. The molecule has 120 valence electrons. The molecule has 0 fully saturated rings. The Labute approximate surface area is 136 Å². The van der Waals surface area contributed by atoms with Crippen LogP contribution in [0.3, 0.4) is 0 Å². The lowest BCUT2D eigenvalue weighted by Gasteiger charge is -2.13. The van der Waals surface area contributed by atoms with Gasteiger partial charge in [0.2, 0.25) is 0 Å². The maximum Gasteiger partial charge on any atom is 0.330 e. The molecule has 0 aliphatic carbocycles. The van der Waals surface area contributed by atoms with Crippen LogP contribution in [0.25, 0.3) is 11.1 Å². The number of aliphatic hydroxyl groups excluding tert-OH is 1. The summed E-state index contributed by atoms with van der Waals surface area (Å²) in [5, 5.41) is 9.13. The van der Waals surface area contributed by atoms with Gasteiger partial charge in [-0.1, -0.05) is 43.0 Å². The number of rotatable bonds is 7. The van der Waals surface area contributed by atoms with Crippen molar-refractivity contribution in [3.8, 4) is 16.9 Å². The van der Waals surface area contributed by atoms with Crippen LogP contribution in [0.15, 0.2) is 55.1 Å². The van der Waals surface area contributed by atoms with Crippen LogP contribution in [0.2, 0.25) is 0 Å². The first kappa shape index (κ1) is 16.8. The first-order valence-corrected chi connectivity index (χ1v) is 7.37. The predicted molar refractivity (Wildman–Crippen MR) is 89.2 cm³/mol. The molecule has 0 spiro atoms. The molecule has 0 atom stereocenters. The SMILES string of the molecule is C=CC(=O)OCCOc1cc(C)ccc1-c1ccc(CO)cc1. The zero-order chi connectivity index (χ0) is 16.7. The number of hydrogen-bond acceptors (Lipinski definition) is 4. The average Bonchev–Trinajstić information content (AvgIpc) is 2.58. The van der Waals surface area contributed by atoms with Crippen LogP contribution in [-0.4, -0.2) is 24.3 Å². The summed E-state index contributed by atoms with van der Waals surface area (Å²) in [4.78, 5) is 11.0. The monoisotopic (exact) mass is 312 g/mol. The number of aryl methyl sites for hydroxylation is 1. The second-order valence-electron chi connectivity index (χ2n) is 5.07. The van der Waals surface area contributed by atoms with Crippen LogP contribution in [-0.2, 0) is 16.1 Å². The van der Waals surface area contributed by atoms with E-state index in [2.05, 4.69) is 6.58 Å². The number of carbonyl (C=O) groups is 1. The predicted octanol–water partition coefficient (Wildman–Crippen LogP) is 3.26. The molecule has 0 saturated heterocycles. The van der Waals surface area contributed by atoms with Gasteiger partial charge in [0, 0.05) is 11.6 Å². The summed E-state index contributed by atoms with van der Waals surface area (Å²) in [5.41, 5.74) is 3.90. The molecular weight excluding hydrogens is 292 g/mol. The van der Waals surface area contributed by atoms with Gasteiger partial charge < -0.3 is 14.6 Å². The van der Waals surface area contributed by atoms with Crippen molar-refractivity contribution in [1.29, 1.82) is 0 Å². The molecule has 0 saturated carbocycles. The number of esters is 1. The first-order valence-electron chi connectivity index (χ1n) is 7.37. The molecule has 23 heavy (non-hydrogen) atoms. The van der Waals surface area contributed by atoms with Crippen molar-refractivity contribution in [3.05, 3.63) is 66.2 Å². The van der Waals surface area contributed by atoms with Gasteiger partial charge in [0.1, 0.15) is 19.0 Å². The number of ether oxygens (including phenoxy) is 2. The van der Waals surface area contributed by atoms with Gasteiger partial charge in [0.25, 0.3) is 0 Å². The Kier molecular flexibility index (Phi) is 5.94. The van der Waals surface area contributed by atoms with Crippen molar-refractivity contribution in [2.24, 2.45) is 0 Å². The fourth-order valence-electron chi connectivity index (χ4n) is 2.13. The van der Waals surface area contributed by atoms with Crippen LogP contribution in [0.5, 0.6) is 5.75 Å². The van der Waals surface area contributed by atoms with Gasteiger partial charge in [-0.2, -0.15) is 0 Å². The second-order valence-corrected chi connectivity index (χ2v) is 5.07. The highest BCUT2D eigenvalue weighted by molar-refractivity contribution is 5.81. The summed E-state index contributed by atoms with van der Waals surface area (Å²) >= 11 is 0. The van der Waals surface area contributed by atoms with E-state index in [-0.39, 0.29) is 19.8 Å². The van der Waals surface area contributed by atoms with Gasteiger partial charge in [0.15, 0.2) is 0 Å². The minimum atomic E-state index is -0.461. The van der Waals surface area contributed by atoms with Gasteiger partial charge in [-0.15, -0.1) is 0 Å². The largest absolute Gasteiger partial charge is 0.489 e. The normalized spacial score (nSPS) is 10.2. The summed E-state index contributed by atoms with van der Waals surface area (Å²) in [7, 11) is 0. The molecule has 0 bridgehead atoms. The van der Waals surface area contributed by atoms with E-state index in [1.807, 2.05) is 49.4 Å². The molecule has 0 amide bonds. The van der Waals surface area contributed by atoms with E-state index < -0.39 is 5.97 Å². The zero-order valence-corrected chi connectivity index (χ0v) is 13.1. The third-order valence-corrected chi connectivity index (χ3v) is 3.34. The molecule has 0 aromatic heterocycles. The smallest absolute Gasteiger partial charge is 0.330 e. The Balaban J connectivity index is 2.13. The van der Waals surface area contributed by atoms with Crippen LogP contribution < -0.4 is 4.74 Å². The molecule has 0 aliphatic heterocycles. The molecule has 0 radical (unpaired) electrons. The van der Waals surface area contributed by atoms with Gasteiger partial charge in [-0.3, -0.25) is 0 Å². The van der Waals surface area contributed by atoms with Crippen molar-refractivity contribution in [2.45, 2.75) is 13.5 Å². The minimum Gasteiger partial charge on any atom is -0.489 e. The molecule has 4 heteroatoms. The standard InChI is InChI=1S/C19H20O4/c1-3-19(21)23-11-10-22-18-12-14(2)4-9-17(18)16-7-5-15(13-20)6-8-16/h3-9,12,20H,1,10-11,13H2,2H3. The minimum absolute atomic E-state index is 0.0200. The molecule has 2 rings (SSSR count). The van der Waals surface area contributed by atoms with Crippen LogP contribution in [0.4, 0.5) is 0 Å². The van der Waals surface area contributed by atoms with E-state index >= 15 is 0 Å². The van der Waals surface area contributed by atoms with Gasteiger partial charge in [0.05, 0.1) is 6.61 Å². The number of aliphatic hydroxyl groups is 1. The summed E-state index contributed by atoms with van der Waals surface area (Å²) in [5.74, 6) is 0.272. The summed E-state index contributed by atoms with van der Waals surface area (Å²) in [6.45, 7) is 5.79. The average molecular weight is 312 g/mol. The Hall–Kier alpha value is -2.59. The Morgan fingerprint density at radius 1 is 1.17 bits per heavy atom. The maximum absolute atomic E-state index is 11.0. The van der Waals surface area contributed by atoms with E-state index in [1.165, 1.54) is 0 Å².